The van der Waals surface area contributed by atoms with Crippen LogP contribution in [0.3, 0.4) is 0 Å². The number of nitrogens with one attached hydrogen (secondary N) is 1. The molecule has 3 rings (SSSR count). The zero-order chi connectivity index (χ0) is 16.9. The summed E-state index contributed by atoms with van der Waals surface area (Å²) in [5, 5.41) is 2.88. The van der Waals surface area contributed by atoms with Gasteiger partial charge in [-0.25, -0.2) is 0 Å². The summed E-state index contributed by atoms with van der Waals surface area (Å²) in [7, 11) is 0. The maximum absolute atomic E-state index is 12.4. The molecule has 7 heteroatoms. The van der Waals surface area contributed by atoms with Crippen molar-refractivity contribution in [1.82, 2.24) is 20.0 Å². The Bertz CT molecular complexity index is 490. The number of hydrogen-bond acceptors (Lipinski definition) is 4. The molecule has 3 aliphatic heterocycles. The molecule has 0 spiro atoms. The molecule has 134 valence electrons. The zero-order valence-corrected chi connectivity index (χ0v) is 14.3. The Morgan fingerprint density at radius 3 is 2.67 bits per heavy atom. The third-order valence-electron chi connectivity index (χ3n) is 5.25. The van der Waals surface area contributed by atoms with Crippen molar-refractivity contribution in [2.75, 3.05) is 45.8 Å². The smallest absolute Gasteiger partial charge is 0.246 e. The average molecular weight is 336 g/mol. The third-order valence-corrected chi connectivity index (χ3v) is 5.25. The van der Waals surface area contributed by atoms with Gasteiger partial charge in [-0.1, -0.05) is 6.42 Å². The molecular weight excluding hydrogens is 308 g/mol. The van der Waals surface area contributed by atoms with Gasteiger partial charge in [0.1, 0.15) is 19.1 Å². The molecule has 0 radical (unpaired) electrons. The van der Waals surface area contributed by atoms with Crippen LogP contribution in [0.15, 0.2) is 0 Å². The maximum Gasteiger partial charge on any atom is 0.246 e. The van der Waals surface area contributed by atoms with Gasteiger partial charge in [0.05, 0.1) is 0 Å². The van der Waals surface area contributed by atoms with Crippen molar-refractivity contribution < 1.29 is 14.4 Å². The van der Waals surface area contributed by atoms with E-state index in [1.165, 1.54) is 24.2 Å². The number of carbonyl (C=O) groups excluding carboxylic acids is 3. The van der Waals surface area contributed by atoms with E-state index >= 15 is 0 Å². The van der Waals surface area contributed by atoms with E-state index in [1.807, 2.05) is 0 Å². The predicted octanol–water partition coefficient (Wildman–Crippen LogP) is -0.188. The summed E-state index contributed by atoms with van der Waals surface area (Å²) in [4.78, 5) is 42.0. The summed E-state index contributed by atoms with van der Waals surface area (Å²) in [6.07, 6.45) is 6.39. The molecule has 1 N–H and O–H groups in total. The fraction of sp³-hybridized carbons (Fsp3) is 0.824. The lowest BCUT2D eigenvalue weighted by Gasteiger charge is -2.35. The van der Waals surface area contributed by atoms with E-state index in [-0.39, 0.29) is 36.9 Å². The Kier molecular flexibility index (Phi) is 5.71. The van der Waals surface area contributed by atoms with Crippen LogP contribution < -0.4 is 5.32 Å². The fourth-order valence-corrected chi connectivity index (χ4v) is 3.94. The first-order valence-corrected chi connectivity index (χ1v) is 9.22. The lowest BCUT2D eigenvalue weighted by atomic mass is 10.1. The molecule has 0 aromatic carbocycles. The maximum atomic E-state index is 12.4. The molecule has 0 aliphatic carbocycles. The molecule has 7 nitrogen and oxygen atoms in total. The van der Waals surface area contributed by atoms with Crippen LogP contribution in [-0.4, -0.2) is 84.3 Å². The average Bonchev–Trinajstić information content (AvgIpc) is 3.08. The molecule has 3 amide bonds. The zero-order valence-electron chi connectivity index (χ0n) is 14.3. The third kappa shape index (κ3) is 4.06. The Hall–Kier alpha value is -1.63. The Morgan fingerprint density at radius 1 is 1.08 bits per heavy atom. The molecular formula is C17H28N4O3. The van der Waals surface area contributed by atoms with Crippen LogP contribution in [0.25, 0.3) is 0 Å². The summed E-state index contributed by atoms with van der Waals surface area (Å²) in [5.41, 5.74) is 0. The highest BCUT2D eigenvalue weighted by molar-refractivity contribution is 5.97. The van der Waals surface area contributed by atoms with E-state index in [1.54, 1.807) is 4.90 Å². The van der Waals surface area contributed by atoms with Crippen LogP contribution in [0.4, 0.5) is 0 Å². The number of piperidine rings is 1. The van der Waals surface area contributed by atoms with Crippen LogP contribution in [0, 0.1) is 0 Å². The molecule has 1 unspecified atom stereocenters. The number of nitrogens with zero attached hydrogens (tertiary/aromatic N) is 3. The van der Waals surface area contributed by atoms with Crippen molar-refractivity contribution in [2.24, 2.45) is 0 Å². The Labute approximate surface area is 143 Å². The second-order valence-electron chi connectivity index (χ2n) is 7.05. The first kappa shape index (κ1) is 17.2. The van der Waals surface area contributed by atoms with Gasteiger partial charge in [-0.2, -0.15) is 0 Å². The molecule has 1 atom stereocenters. The van der Waals surface area contributed by atoms with Crippen molar-refractivity contribution in [3.05, 3.63) is 0 Å². The van der Waals surface area contributed by atoms with Crippen LogP contribution in [0.5, 0.6) is 0 Å². The van der Waals surface area contributed by atoms with Crippen LogP contribution in [0.2, 0.25) is 0 Å². The summed E-state index contributed by atoms with van der Waals surface area (Å²) >= 11 is 0. The highest BCUT2D eigenvalue weighted by Gasteiger charge is 2.42. The van der Waals surface area contributed by atoms with Crippen LogP contribution in [0.1, 0.15) is 38.5 Å². The lowest BCUT2D eigenvalue weighted by molar-refractivity contribution is -0.154. The van der Waals surface area contributed by atoms with E-state index in [0.29, 0.717) is 13.1 Å². The first-order valence-electron chi connectivity index (χ1n) is 9.22. The quantitative estimate of drug-likeness (QED) is 0.683. The molecule has 0 aromatic heterocycles. The van der Waals surface area contributed by atoms with Crippen molar-refractivity contribution in [2.45, 2.75) is 44.6 Å². The summed E-state index contributed by atoms with van der Waals surface area (Å²) in [6, 6.07) is -0.335. The largest absolute Gasteiger partial charge is 0.355 e. The summed E-state index contributed by atoms with van der Waals surface area (Å²) in [6.45, 7) is 4.67. The number of hydrogen-bond donors (Lipinski definition) is 1. The normalized spacial score (nSPS) is 25.1. The Morgan fingerprint density at radius 2 is 1.88 bits per heavy atom. The minimum atomic E-state index is -0.335. The highest BCUT2D eigenvalue weighted by atomic mass is 16.2. The molecule has 3 saturated heterocycles. The monoisotopic (exact) mass is 336 g/mol. The van der Waals surface area contributed by atoms with Crippen molar-refractivity contribution in [3.63, 3.8) is 0 Å². The van der Waals surface area contributed by atoms with Gasteiger partial charge in [0, 0.05) is 13.1 Å². The second-order valence-corrected chi connectivity index (χ2v) is 7.05. The SMILES string of the molecule is O=C(CN1CC(=O)N2CCCC2C1=O)NCCCN1CCCCC1. The van der Waals surface area contributed by atoms with E-state index < -0.39 is 0 Å². The molecule has 0 bridgehead atoms. The van der Waals surface area contributed by atoms with Crippen molar-refractivity contribution in [3.8, 4) is 0 Å². The topological polar surface area (TPSA) is 73.0 Å². The van der Waals surface area contributed by atoms with E-state index in [2.05, 4.69) is 10.2 Å². The molecule has 0 aromatic rings. The van der Waals surface area contributed by atoms with Gasteiger partial charge in [0.25, 0.3) is 0 Å². The van der Waals surface area contributed by atoms with Gasteiger partial charge in [-0.15, -0.1) is 0 Å². The minimum Gasteiger partial charge on any atom is -0.355 e. The number of piperazine rings is 1. The fourth-order valence-electron chi connectivity index (χ4n) is 3.94. The molecule has 3 fully saturated rings. The first-order chi connectivity index (χ1) is 11.6. The molecule has 3 heterocycles. The van der Waals surface area contributed by atoms with Gasteiger partial charge in [-0.05, 0) is 51.7 Å². The minimum absolute atomic E-state index is 0.00136. The summed E-state index contributed by atoms with van der Waals surface area (Å²) in [5.74, 6) is -0.271. The van der Waals surface area contributed by atoms with Crippen molar-refractivity contribution in [1.29, 1.82) is 0 Å². The molecule has 0 saturated carbocycles. The van der Waals surface area contributed by atoms with Crippen LogP contribution in [-0.2, 0) is 14.4 Å². The standard InChI is InChI=1S/C17H28N4O3/c22-15(18-7-5-10-19-8-2-1-3-9-19)12-20-13-16(23)21-11-4-6-14(21)17(20)24/h14H,1-13H2,(H,18,22). The van der Waals surface area contributed by atoms with Gasteiger partial charge >= 0.3 is 0 Å². The number of fused-ring (bicyclic) bond motifs is 1. The number of amides is 3. The van der Waals surface area contributed by atoms with Gasteiger partial charge in [0.2, 0.25) is 17.7 Å². The number of carbonyl (C=O) groups is 3. The summed E-state index contributed by atoms with van der Waals surface area (Å²) < 4.78 is 0. The van der Waals surface area contributed by atoms with E-state index in [4.69, 9.17) is 0 Å². The van der Waals surface area contributed by atoms with Crippen LogP contribution >= 0.6 is 0 Å². The molecule has 3 aliphatic rings. The van der Waals surface area contributed by atoms with Gasteiger partial charge in [0.15, 0.2) is 0 Å². The molecule has 24 heavy (non-hydrogen) atoms. The lowest BCUT2D eigenvalue weighted by Crippen LogP contribution is -2.59. The number of rotatable bonds is 6. The Balaban J connectivity index is 1.37. The van der Waals surface area contributed by atoms with Gasteiger partial charge in [-0.3, -0.25) is 14.4 Å². The van der Waals surface area contributed by atoms with Gasteiger partial charge < -0.3 is 20.0 Å². The second kappa shape index (κ2) is 7.96. The van der Waals surface area contributed by atoms with E-state index in [0.717, 1.165) is 38.9 Å². The predicted molar refractivity (Wildman–Crippen MR) is 89.2 cm³/mol. The number of likely N-dealkylation sites (tertiary alicyclic amines) is 1. The van der Waals surface area contributed by atoms with E-state index in [9.17, 15) is 14.4 Å². The van der Waals surface area contributed by atoms with Crippen molar-refractivity contribution >= 4 is 17.7 Å². The highest BCUT2D eigenvalue weighted by Crippen LogP contribution is 2.23.